The monoisotopic (exact) mass is 240 g/mol. The first kappa shape index (κ1) is 13.3. The smallest absolute Gasteiger partial charge is 0.0827 e. The zero-order chi connectivity index (χ0) is 12.5. The highest BCUT2D eigenvalue weighted by Crippen LogP contribution is 2.23. The van der Waals surface area contributed by atoms with Gasteiger partial charge in [0.25, 0.3) is 0 Å². The maximum atomic E-state index is 5.95. The molecule has 0 aromatic heterocycles. The van der Waals surface area contributed by atoms with Crippen molar-refractivity contribution in [2.45, 2.75) is 58.7 Å². The van der Waals surface area contributed by atoms with E-state index in [9.17, 15) is 0 Å². The molecule has 3 heteroatoms. The number of nitrogens with zero attached hydrogens (tertiary/aromatic N) is 1. The van der Waals surface area contributed by atoms with Gasteiger partial charge in [0.15, 0.2) is 0 Å². The minimum atomic E-state index is 0.324. The third-order valence-corrected chi connectivity index (χ3v) is 4.41. The number of hydrogen-bond donors (Lipinski definition) is 1. The van der Waals surface area contributed by atoms with Gasteiger partial charge in [0.05, 0.1) is 12.7 Å². The molecule has 0 spiro atoms. The van der Waals surface area contributed by atoms with Gasteiger partial charge in [0.2, 0.25) is 0 Å². The van der Waals surface area contributed by atoms with Gasteiger partial charge in [-0.3, -0.25) is 4.90 Å². The van der Waals surface area contributed by atoms with Gasteiger partial charge in [-0.05, 0) is 31.7 Å². The number of rotatable bonds is 3. The van der Waals surface area contributed by atoms with Crippen molar-refractivity contribution in [2.24, 2.45) is 5.41 Å². The highest BCUT2D eigenvalue weighted by Gasteiger charge is 2.32. The average Bonchev–Trinajstić information content (AvgIpc) is 2.71. The summed E-state index contributed by atoms with van der Waals surface area (Å²) in [5.74, 6) is 0. The quantitative estimate of drug-likeness (QED) is 0.815. The molecule has 2 aliphatic heterocycles. The van der Waals surface area contributed by atoms with Crippen LogP contribution in [0, 0.1) is 5.41 Å². The van der Waals surface area contributed by atoms with Gasteiger partial charge >= 0.3 is 0 Å². The Labute approximate surface area is 106 Å². The Morgan fingerprint density at radius 3 is 2.88 bits per heavy atom. The van der Waals surface area contributed by atoms with Crippen LogP contribution in [-0.2, 0) is 4.74 Å². The maximum absolute atomic E-state index is 5.95. The summed E-state index contributed by atoms with van der Waals surface area (Å²) >= 11 is 0. The van der Waals surface area contributed by atoms with Crippen LogP contribution < -0.4 is 5.32 Å². The van der Waals surface area contributed by atoms with Gasteiger partial charge in [0, 0.05) is 25.2 Å². The number of hydrogen-bond acceptors (Lipinski definition) is 3. The standard InChI is InChI=1S/C14H28N2O/c1-11(14(2,3)4)15-8-13-9-16-7-5-6-12(16)10-17-13/h11-13,15H,5-10H2,1-4H3/t11-,12+,13-/m0/s1. The second-order valence-corrected chi connectivity index (χ2v) is 6.74. The van der Waals surface area contributed by atoms with Gasteiger partial charge in [-0.1, -0.05) is 20.8 Å². The lowest BCUT2D eigenvalue weighted by Gasteiger charge is -2.37. The van der Waals surface area contributed by atoms with Crippen molar-refractivity contribution in [1.29, 1.82) is 0 Å². The lowest BCUT2D eigenvalue weighted by Crippen LogP contribution is -2.51. The molecule has 2 fully saturated rings. The molecule has 0 amide bonds. The zero-order valence-corrected chi connectivity index (χ0v) is 11.8. The second kappa shape index (κ2) is 5.25. The van der Waals surface area contributed by atoms with E-state index in [2.05, 4.69) is 37.9 Å². The van der Waals surface area contributed by atoms with Crippen LogP contribution in [0.1, 0.15) is 40.5 Å². The molecule has 0 saturated carbocycles. The Balaban J connectivity index is 1.73. The molecule has 3 nitrogen and oxygen atoms in total. The molecule has 2 rings (SSSR count). The van der Waals surface area contributed by atoms with Crippen LogP contribution in [-0.4, -0.2) is 49.3 Å². The molecule has 2 aliphatic rings. The Kier molecular flexibility index (Phi) is 4.11. The number of ether oxygens (including phenoxy) is 1. The summed E-state index contributed by atoms with van der Waals surface area (Å²) in [7, 11) is 0. The summed E-state index contributed by atoms with van der Waals surface area (Å²) in [4.78, 5) is 2.61. The SMILES string of the molecule is C[C@H](NC[C@H]1CN2CCC[C@@H]2CO1)C(C)(C)C. The van der Waals surface area contributed by atoms with Gasteiger partial charge < -0.3 is 10.1 Å². The first-order chi connectivity index (χ1) is 7.97. The fourth-order valence-electron chi connectivity index (χ4n) is 2.62. The van der Waals surface area contributed by atoms with E-state index in [1.807, 2.05) is 0 Å². The summed E-state index contributed by atoms with van der Waals surface area (Å²) in [6, 6.07) is 1.24. The van der Waals surface area contributed by atoms with E-state index in [-0.39, 0.29) is 0 Å². The van der Waals surface area contributed by atoms with Crippen LogP contribution >= 0.6 is 0 Å². The van der Waals surface area contributed by atoms with Gasteiger partial charge in [-0.15, -0.1) is 0 Å². The first-order valence-electron chi connectivity index (χ1n) is 7.06. The van der Waals surface area contributed by atoms with E-state index in [1.165, 1.54) is 19.4 Å². The largest absolute Gasteiger partial charge is 0.374 e. The van der Waals surface area contributed by atoms with Crippen molar-refractivity contribution in [2.75, 3.05) is 26.2 Å². The molecule has 0 aromatic carbocycles. The van der Waals surface area contributed by atoms with Crippen LogP contribution in [0.2, 0.25) is 0 Å². The molecule has 0 aliphatic carbocycles. The highest BCUT2D eigenvalue weighted by atomic mass is 16.5. The lowest BCUT2D eigenvalue weighted by atomic mass is 9.88. The normalized spacial score (nSPS) is 32.5. The summed E-state index contributed by atoms with van der Waals surface area (Å²) < 4.78 is 5.95. The van der Waals surface area contributed by atoms with Crippen molar-refractivity contribution in [3.63, 3.8) is 0 Å². The van der Waals surface area contributed by atoms with Gasteiger partial charge in [-0.25, -0.2) is 0 Å². The van der Waals surface area contributed by atoms with E-state index < -0.39 is 0 Å². The van der Waals surface area contributed by atoms with Crippen LogP contribution in [0.3, 0.4) is 0 Å². The molecule has 3 atom stereocenters. The number of morpholine rings is 1. The molecule has 17 heavy (non-hydrogen) atoms. The van der Waals surface area contributed by atoms with E-state index >= 15 is 0 Å². The zero-order valence-electron chi connectivity index (χ0n) is 11.8. The van der Waals surface area contributed by atoms with Gasteiger partial charge in [0.1, 0.15) is 0 Å². The minimum Gasteiger partial charge on any atom is -0.374 e. The predicted octanol–water partition coefficient (Wildman–Crippen LogP) is 1.87. The molecule has 0 unspecified atom stereocenters. The van der Waals surface area contributed by atoms with E-state index in [1.54, 1.807) is 0 Å². The predicted molar refractivity (Wildman–Crippen MR) is 71.3 cm³/mol. The van der Waals surface area contributed by atoms with Crippen molar-refractivity contribution in [3.05, 3.63) is 0 Å². The van der Waals surface area contributed by atoms with Crippen molar-refractivity contribution in [1.82, 2.24) is 10.2 Å². The minimum absolute atomic E-state index is 0.324. The second-order valence-electron chi connectivity index (χ2n) is 6.74. The topological polar surface area (TPSA) is 24.5 Å². The molecule has 100 valence electrons. The summed E-state index contributed by atoms with van der Waals surface area (Å²) in [5, 5.41) is 3.62. The third-order valence-electron chi connectivity index (χ3n) is 4.41. The molecule has 2 saturated heterocycles. The summed E-state index contributed by atoms with van der Waals surface area (Å²) in [6.07, 6.45) is 3.07. The fourth-order valence-corrected chi connectivity index (χ4v) is 2.62. The molecular formula is C14H28N2O. The third kappa shape index (κ3) is 3.43. The summed E-state index contributed by atoms with van der Waals surface area (Å²) in [5.41, 5.74) is 0.324. The van der Waals surface area contributed by atoms with Gasteiger partial charge in [-0.2, -0.15) is 0 Å². The Hall–Kier alpha value is -0.120. The molecular weight excluding hydrogens is 212 g/mol. The Morgan fingerprint density at radius 2 is 2.18 bits per heavy atom. The van der Waals surface area contributed by atoms with Crippen molar-refractivity contribution < 1.29 is 4.74 Å². The van der Waals surface area contributed by atoms with E-state index in [0.29, 0.717) is 23.6 Å². The first-order valence-corrected chi connectivity index (χ1v) is 7.06. The molecule has 0 aromatic rings. The lowest BCUT2D eigenvalue weighted by molar-refractivity contribution is -0.0487. The average molecular weight is 240 g/mol. The Morgan fingerprint density at radius 1 is 1.41 bits per heavy atom. The highest BCUT2D eigenvalue weighted by molar-refractivity contribution is 4.87. The maximum Gasteiger partial charge on any atom is 0.0827 e. The Bertz CT molecular complexity index is 249. The molecule has 1 N–H and O–H groups in total. The molecule has 2 heterocycles. The molecule has 0 bridgehead atoms. The summed E-state index contributed by atoms with van der Waals surface area (Å²) in [6.45, 7) is 13.4. The van der Waals surface area contributed by atoms with Crippen LogP contribution in [0.15, 0.2) is 0 Å². The number of nitrogens with one attached hydrogen (secondary N) is 1. The van der Waals surface area contributed by atoms with Crippen LogP contribution in [0.4, 0.5) is 0 Å². The van der Waals surface area contributed by atoms with Crippen molar-refractivity contribution >= 4 is 0 Å². The van der Waals surface area contributed by atoms with E-state index in [4.69, 9.17) is 4.74 Å². The number of fused-ring (bicyclic) bond motifs is 1. The molecule has 0 radical (unpaired) electrons. The van der Waals surface area contributed by atoms with Crippen molar-refractivity contribution in [3.8, 4) is 0 Å². The fraction of sp³-hybridized carbons (Fsp3) is 1.00. The van der Waals surface area contributed by atoms with E-state index in [0.717, 1.165) is 19.7 Å². The van der Waals surface area contributed by atoms with Crippen LogP contribution in [0.5, 0.6) is 0 Å². The van der Waals surface area contributed by atoms with Crippen LogP contribution in [0.25, 0.3) is 0 Å².